The van der Waals surface area contributed by atoms with Gasteiger partial charge in [-0.3, -0.25) is 4.79 Å². The van der Waals surface area contributed by atoms with Crippen LogP contribution in [-0.2, 0) is 14.8 Å². The molecule has 0 spiro atoms. The van der Waals surface area contributed by atoms with Crippen molar-refractivity contribution in [1.29, 1.82) is 0 Å². The van der Waals surface area contributed by atoms with E-state index in [9.17, 15) is 13.2 Å². The average molecular weight is 270 g/mol. The van der Waals surface area contributed by atoms with Gasteiger partial charge in [0.2, 0.25) is 15.9 Å². The van der Waals surface area contributed by atoms with Gasteiger partial charge in [0.05, 0.1) is 5.69 Å². The fourth-order valence-electron chi connectivity index (χ4n) is 1.35. The van der Waals surface area contributed by atoms with E-state index in [0.29, 0.717) is 12.2 Å². The Morgan fingerprint density at radius 1 is 1.28 bits per heavy atom. The van der Waals surface area contributed by atoms with E-state index in [1.165, 1.54) is 6.07 Å². The Balaban J connectivity index is 3.11. The first-order valence-electron chi connectivity index (χ1n) is 5.78. The van der Waals surface area contributed by atoms with Crippen LogP contribution in [0.15, 0.2) is 29.2 Å². The van der Waals surface area contributed by atoms with Crippen LogP contribution in [0, 0.1) is 5.92 Å². The summed E-state index contributed by atoms with van der Waals surface area (Å²) >= 11 is 0. The van der Waals surface area contributed by atoms with E-state index in [1.807, 2.05) is 0 Å². The SMILES string of the molecule is CCNS(=O)(=O)c1ccccc1NC(=O)C(C)C. The van der Waals surface area contributed by atoms with Crippen molar-refractivity contribution < 1.29 is 13.2 Å². The molecule has 0 saturated carbocycles. The topological polar surface area (TPSA) is 75.3 Å². The minimum atomic E-state index is -3.58. The molecule has 0 unspecified atom stereocenters. The average Bonchev–Trinajstić information content (AvgIpc) is 2.29. The van der Waals surface area contributed by atoms with Crippen LogP contribution < -0.4 is 10.0 Å². The summed E-state index contributed by atoms with van der Waals surface area (Å²) in [5.41, 5.74) is 0.303. The second kappa shape index (κ2) is 5.97. The summed E-state index contributed by atoms with van der Waals surface area (Å²) in [5.74, 6) is -0.422. The summed E-state index contributed by atoms with van der Waals surface area (Å²) in [5, 5.41) is 2.62. The number of hydrogen-bond acceptors (Lipinski definition) is 3. The van der Waals surface area contributed by atoms with E-state index in [-0.39, 0.29) is 16.7 Å². The van der Waals surface area contributed by atoms with Gasteiger partial charge in [-0.1, -0.05) is 32.9 Å². The van der Waals surface area contributed by atoms with Gasteiger partial charge in [-0.15, -0.1) is 0 Å². The maximum Gasteiger partial charge on any atom is 0.242 e. The summed E-state index contributed by atoms with van der Waals surface area (Å²) in [6.07, 6.45) is 0. The first-order chi connectivity index (χ1) is 8.38. The zero-order valence-electron chi connectivity index (χ0n) is 10.7. The number of para-hydroxylation sites is 1. The van der Waals surface area contributed by atoms with E-state index in [2.05, 4.69) is 10.0 Å². The maximum atomic E-state index is 11.9. The highest BCUT2D eigenvalue weighted by Gasteiger charge is 2.18. The van der Waals surface area contributed by atoms with Gasteiger partial charge in [-0.2, -0.15) is 0 Å². The monoisotopic (exact) mass is 270 g/mol. The molecule has 0 saturated heterocycles. The van der Waals surface area contributed by atoms with Gasteiger partial charge in [-0.25, -0.2) is 13.1 Å². The Morgan fingerprint density at radius 3 is 2.44 bits per heavy atom. The van der Waals surface area contributed by atoms with Crippen LogP contribution in [0.4, 0.5) is 5.69 Å². The van der Waals surface area contributed by atoms with Crippen LogP contribution in [-0.4, -0.2) is 20.9 Å². The van der Waals surface area contributed by atoms with Gasteiger partial charge in [0.1, 0.15) is 4.90 Å². The van der Waals surface area contributed by atoms with Crippen LogP contribution in [0.2, 0.25) is 0 Å². The quantitative estimate of drug-likeness (QED) is 0.853. The molecule has 2 N–H and O–H groups in total. The number of anilines is 1. The standard InChI is InChI=1S/C12H18N2O3S/c1-4-13-18(16,17)11-8-6-5-7-10(11)14-12(15)9(2)3/h5-9,13H,4H2,1-3H3,(H,14,15). The summed E-state index contributed by atoms with van der Waals surface area (Å²) in [4.78, 5) is 11.7. The van der Waals surface area contributed by atoms with Crippen molar-refractivity contribution in [1.82, 2.24) is 4.72 Å². The normalized spacial score (nSPS) is 11.6. The number of sulfonamides is 1. The smallest absolute Gasteiger partial charge is 0.242 e. The third-order valence-corrected chi connectivity index (χ3v) is 3.90. The first-order valence-corrected chi connectivity index (χ1v) is 7.26. The second-order valence-electron chi connectivity index (χ2n) is 4.14. The zero-order chi connectivity index (χ0) is 13.8. The van der Waals surface area contributed by atoms with Crippen molar-refractivity contribution in [2.24, 2.45) is 5.92 Å². The Labute approximate surface area is 108 Å². The molecule has 0 aliphatic carbocycles. The fourth-order valence-corrected chi connectivity index (χ4v) is 2.55. The lowest BCUT2D eigenvalue weighted by Crippen LogP contribution is -2.26. The Morgan fingerprint density at radius 2 is 1.89 bits per heavy atom. The second-order valence-corrected chi connectivity index (χ2v) is 5.88. The number of hydrogen-bond donors (Lipinski definition) is 2. The summed E-state index contributed by atoms with van der Waals surface area (Å²) in [6.45, 7) is 5.50. The molecule has 0 radical (unpaired) electrons. The summed E-state index contributed by atoms with van der Waals surface area (Å²) in [6, 6.07) is 6.34. The molecule has 1 aromatic rings. The van der Waals surface area contributed by atoms with Gasteiger partial charge < -0.3 is 5.32 Å². The highest BCUT2D eigenvalue weighted by molar-refractivity contribution is 7.89. The fraction of sp³-hybridized carbons (Fsp3) is 0.417. The lowest BCUT2D eigenvalue weighted by Gasteiger charge is -2.12. The predicted molar refractivity (Wildman–Crippen MR) is 70.8 cm³/mol. The van der Waals surface area contributed by atoms with Gasteiger partial charge in [-0.05, 0) is 12.1 Å². The van der Waals surface area contributed by atoms with Crippen molar-refractivity contribution >= 4 is 21.6 Å². The molecule has 0 aromatic heterocycles. The van der Waals surface area contributed by atoms with Crippen LogP contribution in [0.5, 0.6) is 0 Å². The van der Waals surface area contributed by atoms with Gasteiger partial charge in [0.25, 0.3) is 0 Å². The van der Waals surface area contributed by atoms with E-state index in [4.69, 9.17) is 0 Å². The van der Waals surface area contributed by atoms with Crippen molar-refractivity contribution in [3.05, 3.63) is 24.3 Å². The molecule has 1 aromatic carbocycles. The Hall–Kier alpha value is -1.40. The Kier molecular flexibility index (Phi) is 4.86. The number of nitrogens with one attached hydrogen (secondary N) is 2. The molecule has 0 bridgehead atoms. The molecule has 1 amide bonds. The summed E-state index contributed by atoms with van der Waals surface area (Å²) in [7, 11) is -3.58. The Bertz CT molecular complexity index is 524. The first kappa shape index (κ1) is 14.7. The van der Waals surface area contributed by atoms with Crippen molar-refractivity contribution in [3.63, 3.8) is 0 Å². The largest absolute Gasteiger partial charge is 0.325 e. The van der Waals surface area contributed by atoms with E-state index >= 15 is 0 Å². The molecule has 18 heavy (non-hydrogen) atoms. The molecular weight excluding hydrogens is 252 g/mol. The van der Waals surface area contributed by atoms with Crippen LogP contribution in [0.3, 0.4) is 0 Å². The number of carbonyl (C=O) groups excluding carboxylic acids is 1. The van der Waals surface area contributed by atoms with Crippen LogP contribution in [0.1, 0.15) is 20.8 Å². The third kappa shape index (κ3) is 3.54. The van der Waals surface area contributed by atoms with Gasteiger partial charge in [0.15, 0.2) is 0 Å². The van der Waals surface area contributed by atoms with Crippen molar-refractivity contribution in [3.8, 4) is 0 Å². The minimum Gasteiger partial charge on any atom is -0.325 e. The van der Waals surface area contributed by atoms with Gasteiger partial charge in [0, 0.05) is 12.5 Å². The number of benzene rings is 1. The molecule has 0 fully saturated rings. The minimum absolute atomic E-state index is 0.0841. The molecule has 1 rings (SSSR count). The molecule has 100 valence electrons. The highest BCUT2D eigenvalue weighted by Crippen LogP contribution is 2.21. The van der Waals surface area contributed by atoms with Crippen molar-refractivity contribution in [2.75, 3.05) is 11.9 Å². The molecule has 0 atom stereocenters. The van der Waals surface area contributed by atoms with Crippen LogP contribution >= 0.6 is 0 Å². The van der Waals surface area contributed by atoms with Crippen LogP contribution in [0.25, 0.3) is 0 Å². The van der Waals surface area contributed by atoms with Gasteiger partial charge >= 0.3 is 0 Å². The van der Waals surface area contributed by atoms with E-state index < -0.39 is 10.0 Å². The molecule has 0 heterocycles. The molecule has 5 nitrogen and oxygen atoms in total. The zero-order valence-corrected chi connectivity index (χ0v) is 11.5. The lowest BCUT2D eigenvalue weighted by atomic mass is 10.2. The number of carbonyl (C=O) groups is 1. The maximum absolute atomic E-state index is 11.9. The van der Waals surface area contributed by atoms with E-state index in [1.54, 1.807) is 39.0 Å². The molecule has 0 aliphatic rings. The van der Waals surface area contributed by atoms with E-state index in [0.717, 1.165) is 0 Å². The predicted octanol–water partition coefficient (Wildman–Crippen LogP) is 1.58. The number of rotatable bonds is 5. The molecular formula is C12H18N2O3S. The number of amides is 1. The van der Waals surface area contributed by atoms with Crippen molar-refractivity contribution in [2.45, 2.75) is 25.7 Å². The third-order valence-electron chi connectivity index (χ3n) is 2.29. The molecule has 0 aliphatic heterocycles. The summed E-state index contributed by atoms with van der Waals surface area (Å²) < 4.78 is 26.3. The highest BCUT2D eigenvalue weighted by atomic mass is 32.2. The lowest BCUT2D eigenvalue weighted by molar-refractivity contribution is -0.118. The molecule has 6 heteroatoms.